The van der Waals surface area contributed by atoms with Crippen molar-refractivity contribution in [2.24, 2.45) is 0 Å². The highest BCUT2D eigenvalue weighted by Crippen LogP contribution is 2.28. The molecule has 25 heavy (non-hydrogen) atoms. The average molecular weight is 347 g/mol. The zero-order chi connectivity index (χ0) is 17.2. The van der Waals surface area contributed by atoms with Gasteiger partial charge in [0.1, 0.15) is 5.76 Å². The van der Waals surface area contributed by atoms with E-state index in [0.29, 0.717) is 21.8 Å². The summed E-state index contributed by atoms with van der Waals surface area (Å²) < 4.78 is 5.79. The first-order valence-electron chi connectivity index (χ1n) is 7.23. The maximum atomic E-state index is 11.6. The molecule has 0 bridgehead atoms. The minimum absolute atomic E-state index is 0.292. The summed E-state index contributed by atoms with van der Waals surface area (Å²) >= 11 is 0.841. The quantitative estimate of drug-likeness (QED) is 0.538. The van der Waals surface area contributed by atoms with Gasteiger partial charge in [-0.25, -0.2) is 0 Å². The zero-order valence-corrected chi connectivity index (χ0v) is 13.5. The molecule has 0 aliphatic carbocycles. The van der Waals surface area contributed by atoms with E-state index < -0.39 is 11.1 Å². The lowest BCUT2D eigenvalue weighted by Crippen LogP contribution is -2.17. The first-order valence-corrected chi connectivity index (χ1v) is 8.05. The van der Waals surface area contributed by atoms with Crippen molar-refractivity contribution < 1.29 is 14.0 Å². The van der Waals surface area contributed by atoms with E-state index in [0.717, 1.165) is 22.7 Å². The van der Waals surface area contributed by atoms with Gasteiger partial charge in [0.05, 0.1) is 10.5 Å². The van der Waals surface area contributed by atoms with Crippen LogP contribution < -0.4 is 5.32 Å². The van der Waals surface area contributed by atoms with Gasteiger partial charge in [0, 0.05) is 41.8 Å². The summed E-state index contributed by atoms with van der Waals surface area (Å²) in [7, 11) is 0. The molecule has 0 unspecified atom stereocenters. The maximum absolute atomic E-state index is 11.6. The molecule has 6 nitrogen and oxygen atoms in total. The normalized spacial score (nSPS) is 15.3. The number of carbonyl (C=O) groups is 2. The van der Waals surface area contributed by atoms with Gasteiger partial charge in [0.15, 0.2) is 5.58 Å². The van der Waals surface area contributed by atoms with E-state index in [1.807, 2.05) is 12.1 Å². The molecule has 1 fully saturated rings. The monoisotopic (exact) mass is 347 g/mol. The number of carbonyl (C=O) groups excluding carboxylic acids is 2. The van der Waals surface area contributed by atoms with Crippen LogP contribution in [0.25, 0.3) is 17.0 Å². The van der Waals surface area contributed by atoms with Crippen molar-refractivity contribution in [1.29, 1.82) is 0 Å². The van der Waals surface area contributed by atoms with Crippen molar-refractivity contribution in [3.8, 4) is 11.8 Å². The van der Waals surface area contributed by atoms with Gasteiger partial charge in [-0.05, 0) is 30.0 Å². The lowest BCUT2D eigenvalue weighted by atomic mass is 10.2. The number of thioether (sulfide) groups is 1. The number of aromatic nitrogens is 2. The fourth-order valence-electron chi connectivity index (χ4n) is 2.27. The molecule has 1 aliphatic rings. The molecule has 4 heterocycles. The Labute approximate surface area is 146 Å². The van der Waals surface area contributed by atoms with Crippen molar-refractivity contribution >= 4 is 40.0 Å². The van der Waals surface area contributed by atoms with E-state index in [2.05, 4.69) is 27.1 Å². The fraction of sp³-hybridized carbons (Fsp3) is 0. The topological polar surface area (TPSA) is 85.1 Å². The van der Waals surface area contributed by atoms with E-state index in [1.165, 1.54) is 6.08 Å². The van der Waals surface area contributed by atoms with Crippen molar-refractivity contribution in [3.63, 3.8) is 0 Å². The number of pyridine rings is 2. The van der Waals surface area contributed by atoms with E-state index in [-0.39, 0.29) is 0 Å². The first-order chi connectivity index (χ1) is 12.2. The van der Waals surface area contributed by atoms with Gasteiger partial charge >= 0.3 is 0 Å². The molecule has 2 amide bonds. The van der Waals surface area contributed by atoms with Gasteiger partial charge in [-0.15, -0.1) is 0 Å². The molecule has 0 spiro atoms. The summed E-state index contributed by atoms with van der Waals surface area (Å²) in [6.45, 7) is 0. The van der Waals surface area contributed by atoms with Crippen LogP contribution in [-0.2, 0) is 4.79 Å². The Morgan fingerprint density at radius 1 is 1.16 bits per heavy atom. The van der Waals surface area contributed by atoms with E-state index in [9.17, 15) is 9.59 Å². The maximum Gasteiger partial charge on any atom is 0.290 e. The van der Waals surface area contributed by atoms with Gasteiger partial charge in [-0.2, -0.15) is 0 Å². The molecular formula is C18H9N3O3S. The molecule has 1 saturated heterocycles. The molecule has 0 aromatic carbocycles. The minimum atomic E-state index is -0.426. The molecule has 0 radical (unpaired) electrons. The van der Waals surface area contributed by atoms with Gasteiger partial charge in [0.2, 0.25) is 0 Å². The van der Waals surface area contributed by atoms with Gasteiger partial charge in [-0.3, -0.25) is 24.9 Å². The Balaban J connectivity index is 1.72. The predicted molar refractivity (Wildman–Crippen MR) is 93.3 cm³/mol. The van der Waals surface area contributed by atoms with Crippen LogP contribution in [0.3, 0.4) is 0 Å². The van der Waals surface area contributed by atoms with Crippen LogP contribution in [-0.4, -0.2) is 21.1 Å². The average Bonchev–Trinajstić information content (AvgIpc) is 3.16. The Morgan fingerprint density at radius 3 is 2.84 bits per heavy atom. The number of fused-ring (bicyclic) bond motifs is 1. The number of furan rings is 1. The van der Waals surface area contributed by atoms with Gasteiger partial charge in [0.25, 0.3) is 11.1 Å². The first kappa shape index (κ1) is 15.2. The van der Waals surface area contributed by atoms with Gasteiger partial charge in [-0.1, -0.05) is 11.8 Å². The molecule has 3 aromatic rings. The number of nitrogens with one attached hydrogen (secondary N) is 1. The Morgan fingerprint density at radius 2 is 2.08 bits per heavy atom. The highest BCUT2D eigenvalue weighted by atomic mass is 32.2. The smallest absolute Gasteiger partial charge is 0.290 e. The molecule has 120 valence electrons. The molecule has 0 atom stereocenters. The molecule has 1 N–H and O–H groups in total. The third-order valence-electron chi connectivity index (χ3n) is 3.36. The molecule has 0 saturated carbocycles. The molecule has 4 rings (SSSR count). The number of imide groups is 1. The van der Waals surface area contributed by atoms with E-state index >= 15 is 0 Å². The third kappa shape index (κ3) is 3.16. The second kappa shape index (κ2) is 6.26. The Kier molecular flexibility index (Phi) is 3.80. The Hall–Kier alpha value is -3.37. The van der Waals surface area contributed by atoms with Crippen molar-refractivity contribution in [2.45, 2.75) is 0 Å². The van der Waals surface area contributed by atoms with Gasteiger partial charge < -0.3 is 4.42 Å². The van der Waals surface area contributed by atoms with Crippen molar-refractivity contribution in [3.05, 3.63) is 64.8 Å². The number of hydrogen-bond acceptors (Lipinski definition) is 6. The van der Waals surface area contributed by atoms with E-state index in [1.54, 1.807) is 30.9 Å². The minimum Gasteiger partial charge on any atom is -0.455 e. The zero-order valence-electron chi connectivity index (χ0n) is 12.6. The molecular weight excluding hydrogens is 338 g/mol. The molecule has 1 aliphatic heterocycles. The van der Waals surface area contributed by atoms with Crippen LogP contribution >= 0.6 is 11.8 Å². The highest BCUT2D eigenvalue weighted by Gasteiger charge is 2.25. The van der Waals surface area contributed by atoms with Crippen LogP contribution in [0.1, 0.15) is 16.9 Å². The standard InChI is InChI=1S/C18H9N3O3S/c22-17-15(25-18(23)21-17)7-14-6-13-10-20-9-12(16(13)24-14)4-3-11-2-1-5-19-8-11/h1-2,5-10H,(H,21,22,23)/b15-7-. The van der Waals surface area contributed by atoms with Crippen LogP contribution in [0.2, 0.25) is 0 Å². The van der Waals surface area contributed by atoms with Crippen molar-refractivity contribution in [1.82, 2.24) is 15.3 Å². The number of amides is 2. The Bertz CT molecular complexity index is 1090. The number of rotatable bonds is 1. The third-order valence-corrected chi connectivity index (χ3v) is 4.17. The summed E-state index contributed by atoms with van der Waals surface area (Å²) in [5.74, 6) is 6.06. The van der Waals surface area contributed by atoms with Crippen molar-refractivity contribution in [2.75, 3.05) is 0 Å². The SMILES string of the molecule is O=C1NC(=O)/C(=C/c2cc3cncc(C#Cc4cccnc4)c3o2)S1. The van der Waals surface area contributed by atoms with Crippen LogP contribution in [0.15, 0.2) is 52.3 Å². The lowest BCUT2D eigenvalue weighted by Gasteiger charge is -1.92. The second-order valence-electron chi connectivity index (χ2n) is 5.10. The fourth-order valence-corrected chi connectivity index (χ4v) is 2.93. The second-order valence-corrected chi connectivity index (χ2v) is 6.11. The lowest BCUT2D eigenvalue weighted by molar-refractivity contribution is -0.115. The van der Waals surface area contributed by atoms with Crippen LogP contribution in [0.5, 0.6) is 0 Å². The van der Waals surface area contributed by atoms with Crippen LogP contribution in [0, 0.1) is 11.8 Å². The summed E-state index contributed by atoms with van der Waals surface area (Å²) in [5, 5.41) is 2.58. The summed E-state index contributed by atoms with van der Waals surface area (Å²) in [4.78, 5) is 31.3. The van der Waals surface area contributed by atoms with E-state index in [4.69, 9.17) is 4.42 Å². The molecule has 7 heteroatoms. The highest BCUT2D eigenvalue weighted by molar-refractivity contribution is 8.18. The predicted octanol–water partition coefficient (Wildman–Crippen LogP) is 2.95. The summed E-state index contributed by atoms with van der Waals surface area (Å²) in [6, 6.07) is 5.42. The van der Waals surface area contributed by atoms with Crippen LogP contribution in [0.4, 0.5) is 4.79 Å². The molecule has 3 aromatic heterocycles. The summed E-state index contributed by atoms with van der Waals surface area (Å²) in [5.41, 5.74) is 1.99. The summed E-state index contributed by atoms with van der Waals surface area (Å²) in [6.07, 6.45) is 8.16. The number of nitrogens with zero attached hydrogens (tertiary/aromatic N) is 2. The largest absolute Gasteiger partial charge is 0.455 e. The number of hydrogen-bond donors (Lipinski definition) is 1.